The van der Waals surface area contributed by atoms with E-state index in [1.165, 1.54) is 0 Å². The predicted molar refractivity (Wildman–Crippen MR) is 71.8 cm³/mol. The second kappa shape index (κ2) is 4.33. The number of hydrogen-bond donors (Lipinski definition) is 2. The van der Waals surface area contributed by atoms with E-state index < -0.39 is 5.60 Å². The van der Waals surface area contributed by atoms with Gasteiger partial charge in [0.2, 0.25) is 0 Å². The van der Waals surface area contributed by atoms with E-state index in [0.29, 0.717) is 17.7 Å². The normalized spacial score (nSPS) is 25.1. The fourth-order valence-electron chi connectivity index (χ4n) is 2.77. The minimum Gasteiger partial charge on any atom is -0.495 e. The van der Waals surface area contributed by atoms with Gasteiger partial charge in [-0.3, -0.25) is 4.98 Å². The lowest BCUT2D eigenvalue weighted by Gasteiger charge is -2.24. The first kappa shape index (κ1) is 12.1. The van der Waals surface area contributed by atoms with Crippen molar-refractivity contribution < 1.29 is 9.84 Å². The molecule has 0 radical (unpaired) electrons. The van der Waals surface area contributed by atoms with Gasteiger partial charge in [-0.1, -0.05) is 24.3 Å². The van der Waals surface area contributed by atoms with E-state index in [-0.39, 0.29) is 6.04 Å². The minimum atomic E-state index is -1.09. The van der Waals surface area contributed by atoms with Crippen LogP contribution >= 0.6 is 0 Å². The van der Waals surface area contributed by atoms with Crippen molar-refractivity contribution in [3.63, 3.8) is 0 Å². The average molecular weight is 256 g/mol. The molecule has 4 heteroatoms. The predicted octanol–water partition coefficient (Wildman–Crippen LogP) is 1.73. The van der Waals surface area contributed by atoms with E-state index in [4.69, 9.17) is 10.5 Å². The number of aromatic nitrogens is 1. The van der Waals surface area contributed by atoms with Crippen LogP contribution < -0.4 is 10.5 Å². The van der Waals surface area contributed by atoms with E-state index in [9.17, 15) is 5.11 Å². The summed E-state index contributed by atoms with van der Waals surface area (Å²) in [4.78, 5) is 4.12. The van der Waals surface area contributed by atoms with Crippen LogP contribution in [0.1, 0.15) is 29.2 Å². The molecule has 1 heterocycles. The van der Waals surface area contributed by atoms with Crippen LogP contribution in [0.4, 0.5) is 0 Å². The van der Waals surface area contributed by atoms with E-state index in [2.05, 4.69) is 4.98 Å². The summed E-state index contributed by atoms with van der Waals surface area (Å²) in [5, 5.41) is 11.0. The Balaban J connectivity index is 2.14. The molecule has 0 spiro atoms. The van der Waals surface area contributed by atoms with Crippen molar-refractivity contribution >= 4 is 0 Å². The summed E-state index contributed by atoms with van der Waals surface area (Å²) in [5.41, 5.74) is 7.60. The van der Waals surface area contributed by atoms with E-state index >= 15 is 0 Å². The lowest BCUT2D eigenvalue weighted by molar-refractivity contribution is 0.0770. The Kier molecular flexibility index (Phi) is 2.77. The van der Waals surface area contributed by atoms with Crippen molar-refractivity contribution in [3.8, 4) is 5.75 Å². The number of methoxy groups -OCH3 is 1. The molecule has 98 valence electrons. The minimum absolute atomic E-state index is 0.160. The lowest BCUT2D eigenvalue weighted by atomic mass is 9.89. The van der Waals surface area contributed by atoms with Crippen molar-refractivity contribution in [2.75, 3.05) is 7.11 Å². The van der Waals surface area contributed by atoms with Crippen molar-refractivity contribution in [1.29, 1.82) is 0 Å². The molecule has 1 aliphatic rings. The molecule has 4 nitrogen and oxygen atoms in total. The van der Waals surface area contributed by atoms with Gasteiger partial charge in [-0.05, 0) is 17.2 Å². The molecule has 0 saturated heterocycles. The summed E-state index contributed by atoms with van der Waals surface area (Å²) >= 11 is 0. The summed E-state index contributed by atoms with van der Waals surface area (Å²) in [7, 11) is 1.58. The summed E-state index contributed by atoms with van der Waals surface area (Å²) in [5.74, 6) is 0.629. The molecule has 1 aliphatic carbocycles. The molecule has 1 aromatic carbocycles. The first-order valence-corrected chi connectivity index (χ1v) is 6.22. The van der Waals surface area contributed by atoms with Crippen LogP contribution in [0.5, 0.6) is 5.75 Å². The SMILES string of the molecule is COc1cncc(C2(O)CC(N)c3ccccc32)c1. The summed E-state index contributed by atoms with van der Waals surface area (Å²) in [6.45, 7) is 0. The van der Waals surface area contributed by atoms with Crippen molar-refractivity contribution in [2.45, 2.75) is 18.1 Å². The molecule has 2 aromatic rings. The van der Waals surface area contributed by atoms with Gasteiger partial charge in [0.25, 0.3) is 0 Å². The zero-order chi connectivity index (χ0) is 13.5. The number of ether oxygens (including phenoxy) is 1. The molecule has 2 atom stereocenters. The molecule has 3 N–H and O–H groups in total. The van der Waals surface area contributed by atoms with E-state index in [1.54, 1.807) is 19.5 Å². The number of benzene rings is 1. The molecule has 0 saturated carbocycles. The van der Waals surface area contributed by atoms with Gasteiger partial charge in [0.15, 0.2) is 0 Å². The number of pyridine rings is 1. The van der Waals surface area contributed by atoms with Crippen LogP contribution in [0.2, 0.25) is 0 Å². The number of fused-ring (bicyclic) bond motifs is 1. The summed E-state index contributed by atoms with van der Waals surface area (Å²) < 4.78 is 5.17. The van der Waals surface area contributed by atoms with Crippen LogP contribution in [-0.4, -0.2) is 17.2 Å². The smallest absolute Gasteiger partial charge is 0.137 e. The van der Waals surface area contributed by atoms with Gasteiger partial charge in [0.1, 0.15) is 11.4 Å². The standard InChI is InChI=1S/C15H16N2O2/c1-19-11-6-10(8-17-9-11)15(18)7-14(16)12-4-2-3-5-13(12)15/h2-6,8-9,14,18H,7,16H2,1H3. The van der Waals surface area contributed by atoms with Gasteiger partial charge in [0, 0.05) is 24.2 Å². The number of hydrogen-bond acceptors (Lipinski definition) is 4. The molecule has 0 amide bonds. The van der Waals surface area contributed by atoms with Gasteiger partial charge in [-0.15, -0.1) is 0 Å². The topological polar surface area (TPSA) is 68.4 Å². The maximum absolute atomic E-state index is 11.0. The van der Waals surface area contributed by atoms with Gasteiger partial charge in [-0.25, -0.2) is 0 Å². The molecule has 0 bridgehead atoms. The average Bonchev–Trinajstić information content (AvgIpc) is 2.73. The van der Waals surface area contributed by atoms with Crippen molar-refractivity contribution in [3.05, 3.63) is 59.4 Å². The van der Waals surface area contributed by atoms with Gasteiger partial charge in [0.05, 0.1) is 13.3 Å². The second-order valence-corrected chi connectivity index (χ2v) is 4.87. The lowest BCUT2D eigenvalue weighted by Crippen LogP contribution is -2.25. The Morgan fingerprint density at radius 1 is 1.37 bits per heavy atom. The zero-order valence-corrected chi connectivity index (χ0v) is 10.7. The highest BCUT2D eigenvalue weighted by Crippen LogP contribution is 2.46. The highest BCUT2D eigenvalue weighted by atomic mass is 16.5. The number of nitrogens with two attached hydrogens (primary N) is 1. The Hall–Kier alpha value is -1.91. The molecule has 1 aromatic heterocycles. The number of nitrogens with zero attached hydrogens (tertiary/aromatic N) is 1. The third-order valence-corrected chi connectivity index (χ3v) is 3.75. The van der Waals surface area contributed by atoms with Gasteiger partial charge < -0.3 is 15.6 Å². The highest BCUT2D eigenvalue weighted by molar-refractivity contribution is 5.47. The first-order valence-electron chi connectivity index (χ1n) is 6.22. The zero-order valence-electron chi connectivity index (χ0n) is 10.7. The van der Waals surface area contributed by atoms with Crippen LogP contribution in [0.3, 0.4) is 0 Å². The molecular formula is C15H16N2O2. The maximum Gasteiger partial charge on any atom is 0.137 e. The molecule has 2 unspecified atom stereocenters. The Labute approximate surface area is 111 Å². The molecule has 19 heavy (non-hydrogen) atoms. The molecule has 0 aliphatic heterocycles. The fraction of sp³-hybridized carbons (Fsp3) is 0.267. The Morgan fingerprint density at radius 2 is 2.16 bits per heavy atom. The Bertz CT molecular complexity index is 615. The van der Waals surface area contributed by atoms with Crippen LogP contribution in [0, 0.1) is 0 Å². The fourth-order valence-corrected chi connectivity index (χ4v) is 2.77. The Morgan fingerprint density at radius 3 is 2.95 bits per heavy atom. The van der Waals surface area contributed by atoms with Crippen LogP contribution in [0.15, 0.2) is 42.7 Å². The number of rotatable bonds is 2. The third-order valence-electron chi connectivity index (χ3n) is 3.75. The highest BCUT2D eigenvalue weighted by Gasteiger charge is 2.42. The monoisotopic (exact) mass is 256 g/mol. The van der Waals surface area contributed by atoms with Crippen molar-refractivity contribution in [1.82, 2.24) is 4.98 Å². The van der Waals surface area contributed by atoms with E-state index in [1.807, 2.05) is 30.3 Å². The maximum atomic E-state index is 11.0. The summed E-state index contributed by atoms with van der Waals surface area (Å²) in [6.07, 6.45) is 3.74. The van der Waals surface area contributed by atoms with Crippen molar-refractivity contribution in [2.24, 2.45) is 5.73 Å². The van der Waals surface area contributed by atoms with E-state index in [0.717, 1.165) is 11.1 Å². The first-order chi connectivity index (χ1) is 9.15. The molecular weight excluding hydrogens is 240 g/mol. The van der Waals surface area contributed by atoms with Gasteiger partial charge in [-0.2, -0.15) is 0 Å². The third kappa shape index (κ3) is 1.80. The molecule has 0 fully saturated rings. The van der Waals surface area contributed by atoms with Gasteiger partial charge >= 0.3 is 0 Å². The van der Waals surface area contributed by atoms with Crippen LogP contribution in [-0.2, 0) is 5.60 Å². The second-order valence-electron chi connectivity index (χ2n) is 4.87. The quantitative estimate of drug-likeness (QED) is 0.858. The van der Waals surface area contributed by atoms with Crippen LogP contribution in [0.25, 0.3) is 0 Å². The largest absolute Gasteiger partial charge is 0.495 e. The molecule has 3 rings (SSSR count). The number of aliphatic hydroxyl groups is 1. The summed E-state index contributed by atoms with van der Waals surface area (Å²) in [6, 6.07) is 9.38.